The average molecular weight is 430 g/mol. The summed E-state index contributed by atoms with van der Waals surface area (Å²) >= 11 is 5.75. The van der Waals surface area contributed by atoms with Gasteiger partial charge in [0.15, 0.2) is 11.5 Å². The third-order valence-corrected chi connectivity index (χ3v) is 4.89. The summed E-state index contributed by atoms with van der Waals surface area (Å²) in [6, 6.07) is 11.2. The number of carbonyl (C=O) groups is 1. The molecule has 1 atom stereocenters. The molecule has 2 aromatic carbocycles. The van der Waals surface area contributed by atoms with E-state index in [4.69, 9.17) is 21.1 Å². The summed E-state index contributed by atoms with van der Waals surface area (Å²) in [5.41, 5.74) is 1.09. The fraction of sp³-hybridized carbons (Fsp3) is 0.190. The van der Waals surface area contributed by atoms with Crippen molar-refractivity contribution >= 4 is 23.2 Å². The minimum Gasteiger partial charge on any atom is -0.486 e. The van der Waals surface area contributed by atoms with Crippen molar-refractivity contribution < 1.29 is 18.7 Å². The summed E-state index contributed by atoms with van der Waals surface area (Å²) in [4.78, 5) is 25.0. The quantitative estimate of drug-likeness (QED) is 0.684. The first-order chi connectivity index (χ1) is 14.4. The van der Waals surface area contributed by atoms with Crippen LogP contribution in [-0.2, 0) is 4.79 Å². The Labute approximate surface area is 176 Å². The predicted molar refractivity (Wildman–Crippen MR) is 110 cm³/mol. The molecule has 0 saturated heterocycles. The molecule has 0 fully saturated rings. The van der Waals surface area contributed by atoms with Crippen molar-refractivity contribution in [3.8, 4) is 22.8 Å². The van der Waals surface area contributed by atoms with E-state index in [-0.39, 0.29) is 5.02 Å². The van der Waals surface area contributed by atoms with Crippen molar-refractivity contribution in [2.45, 2.75) is 13.0 Å². The lowest BCUT2D eigenvalue weighted by atomic mass is 10.1. The zero-order chi connectivity index (χ0) is 21.3. The number of benzene rings is 2. The van der Waals surface area contributed by atoms with E-state index >= 15 is 0 Å². The first-order valence-electron chi connectivity index (χ1n) is 9.18. The highest BCUT2D eigenvalue weighted by Crippen LogP contribution is 2.33. The predicted octanol–water partition coefficient (Wildman–Crippen LogP) is 3.67. The van der Waals surface area contributed by atoms with Gasteiger partial charge in [-0.2, -0.15) is 5.10 Å². The smallest absolute Gasteiger partial charge is 0.267 e. The molecule has 1 aliphatic rings. The van der Waals surface area contributed by atoms with E-state index in [1.165, 1.54) is 18.2 Å². The van der Waals surface area contributed by atoms with Crippen molar-refractivity contribution in [3.63, 3.8) is 0 Å². The molecule has 7 nitrogen and oxygen atoms in total. The van der Waals surface area contributed by atoms with E-state index in [2.05, 4.69) is 10.4 Å². The Morgan fingerprint density at radius 3 is 2.67 bits per heavy atom. The van der Waals surface area contributed by atoms with E-state index in [1.807, 2.05) is 0 Å². The van der Waals surface area contributed by atoms with Gasteiger partial charge in [-0.25, -0.2) is 9.07 Å². The molecule has 0 saturated carbocycles. The molecule has 1 aliphatic heterocycles. The number of aromatic nitrogens is 2. The van der Waals surface area contributed by atoms with Gasteiger partial charge in [-0.05, 0) is 49.4 Å². The Bertz CT molecular complexity index is 1180. The topological polar surface area (TPSA) is 82.5 Å². The third kappa shape index (κ3) is 3.99. The molecule has 1 N–H and O–H groups in total. The normalized spacial score (nSPS) is 13.6. The molecule has 0 radical (unpaired) electrons. The van der Waals surface area contributed by atoms with Crippen molar-refractivity contribution in [2.75, 3.05) is 18.5 Å². The number of hydrogen-bond donors (Lipinski definition) is 1. The van der Waals surface area contributed by atoms with Gasteiger partial charge in [-0.1, -0.05) is 11.6 Å². The van der Waals surface area contributed by atoms with Crippen LogP contribution in [0.1, 0.15) is 13.0 Å². The van der Waals surface area contributed by atoms with Crippen molar-refractivity contribution in [1.82, 2.24) is 9.78 Å². The molecule has 1 amide bonds. The maximum Gasteiger partial charge on any atom is 0.267 e. The zero-order valence-corrected chi connectivity index (χ0v) is 16.6. The van der Waals surface area contributed by atoms with Gasteiger partial charge < -0.3 is 14.8 Å². The Morgan fingerprint density at radius 2 is 1.90 bits per heavy atom. The van der Waals surface area contributed by atoms with Crippen LogP contribution in [-0.4, -0.2) is 28.9 Å². The summed E-state index contributed by atoms with van der Waals surface area (Å²) in [6.07, 6.45) is 0. The van der Waals surface area contributed by atoms with Crippen LogP contribution in [0.5, 0.6) is 11.5 Å². The molecule has 0 bridgehead atoms. The van der Waals surface area contributed by atoms with Crippen LogP contribution >= 0.6 is 11.6 Å². The second-order valence-electron chi connectivity index (χ2n) is 6.65. The molecule has 1 aromatic heterocycles. The van der Waals surface area contributed by atoms with Crippen LogP contribution in [0.15, 0.2) is 53.3 Å². The Hall–Kier alpha value is -3.39. The average Bonchev–Trinajstić information content (AvgIpc) is 2.76. The van der Waals surface area contributed by atoms with Gasteiger partial charge in [0.2, 0.25) is 5.91 Å². The molecule has 2 heterocycles. The number of amides is 1. The van der Waals surface area contributed by atoms with Gasteiger partial charge in [0, 0.05) is 17.3 Å². The minimum atomic E-state index is -0.918. The minimum absolute atomic E-state index is 0.114. The molecular weight excluding hydrogens is 413 g/mol. The maximum atomic E-state index is 13.3. The Morgan fingerprint density at radius 1 is 1.13 bits per heavy atom. The van der Waals surface area contributed by atoms with Crippen LogP contribution in [0.4, 0.5) is 10.1 Å². The van der Waals surface area contributed by atoms with Gasteiger partial charge >= 0.3 is 0 Å². The Kier molecular flexibility index (Phi) is 5.41. The van der Waals surface area contributed by atoms with E-state index in [0.717, 1.165) is 10.7 Å². The van der Waals surface area contributed by atoms with E-state index in [1.54, 1.807) is 31.2 Å². The van der Waals surface area contributed by atoms with Gasteiger partial charge in [0.1, 0.15) is 25.1 Å². The van der Waals surface area contributed by atoms with Crippen LogP contribution < -0.4 is 20.3 Å². The van der Waals surface area contributed by atoms with Gasteiger partial charge in [-0.15, -0.1) is 0 Å². The Balaban J connectivity index is 1.60. The summed E-state index contributed by atoms with van der Waals surface area (Å²) in [7, 11) is 0. The van der Waals surface area contributed by atoms with E-state index < -0.39 is 23.3 Å². The number of hydrogen-bond acceptors (Lipinski definition) is 5. The van der Waals surface area contributed by atoms with Gasteiger partial charge in [0.25, 0.3) is 5.56 Å². The maximum absolute atomic E-state index is 13.3. The molecule has 154 valence electrons. The van der Waals surface area contributed by atoms with E-state index in [9.17, 15) is 14.0 Å². The third-order valence-electron chi connectivity index (χ3n) is 4.60. The van der Waals surface area contributed by atoms with Crippen LogP contribution in [0.25, 0.3) is 11.3 Å². The number of fused-ring (bicyclic) bond motifs is 1. The molecule has 9 heteroatoms. The second-order valence-corrected chi connectivity index (χ2v) is 7.06. The lowest BCUT2D eigenvalue weighted by Crippen LogP contribution is -2.33. The van der Waals surface area contributed by atoms with Crippen LogP contribution in [0, 0.1) is 5.82 Å². The molecule has 4 rings (SSSR count). The summed E-state index contributed by atoms with van der Waals surface area (Å²) in [5, 5.41) is 6.84. The number of nitrogens with one attached hydrogen (secondary N) is 1. The fourth-order valence-corrected chi connectivity index (χ4v) is 3.17. The molecule has 30 heavy (non-hydrogen) atoms. The molecule has 0 aliphatic carbocycles. The van der Waals surface area contributed by atoms with Crippen LogP contribution in [0.2, 0.25) is 5.02 Å². The first kappa shape index (κ1) is 19.9. The summed E-state index contributed by atoms with van der Waals surface area (Å²) < 4.78 is 25.5. The highest BCUT2D eigenvalue weighted by molar-refractivity contribution is 6.31. The number of nitrogens with zero attached hydrogens (tertiary/aromatic N) is 2. The monoisotopic (exact) mass is 429 g/mol. The number of rotatable bonds is 4. The summed E-state index contributed by atoms with van der Waals surface area (Å²) in [6.45, 7) is 2.48. The lowest BCUT2D eigenvalue weighted by Gasteiger charge is -2.19. The first-order valence-corrected chi connectivity index (χ1v) is 9.56. The van der Waals surface area contributed by atoms with Gasteiger partial charge in [0.05, 0.1) is 10.7 Å². The van der Waals surface area contributed by atoms with E-state index in [0.29, 0.717) is 41.7 Å². The molecule has 0 spiro atoms. The fourth-order valence-electron chi connectivity index (χ4n) is 2.99. The standard InChI is InChI=1S/C21H17ClFN3O4/c1-12(21(28)24-14-3-4-16(23)15(22)11-14)26-20(27)7-5-17(25-26)13-2-6-18-19(10-13)30-9-8-29-18/h2-7,10-12H,8-9H2,1H3,(H,24,28)/t12-/m1/s1. The zero-order valence-electron chi connectivity index (χ0n) is 15.9. The SMILES string of the molecule is C[C@H](C(=O)Nc1ccc(F)c(Cl)c1)n1nc(-c2ccc3c(c2)OCCO3)ccc1=O. The molecular formula is C21H17ClFN3O4. The molecule has 3 aromatic rings. The number of carbonyl (C=O) groups excluding carboxylic acids is 1. The lowest BCUT2D eigenvalue weighted by molar-refractivity contribution is -0.119. The van der Waals surface area contributed by atoms with Gasteiger partial charge in [-0.3, -0.25) is 9.59 Å². The number of ether oxygens (including phenoxy) is 2. The second kappa shape index (κ2) is 8.16. The summed E-state index contributed by atoms with van der Waals surface area (Å²) in [5.74, 6) is 0.153. The number of anilines is 1. The number of halogens is 2. The van der Waals surface area contributed by atoms with Crippen molar-refractivity contribution in [1.29, 1.82) is 0 Å². The highest BCUT2D eigenvalue weighted by Gasteiger charge is 2.19. The highest BCUT2D eigenvalue weighted by atomic mass is 35.5. The van der Waals surface area contributed by atoms with Crippen LogP contribution in [0.3, 0.4) is 0 Å². The van der Waals surface area contributed by atoms with Crippen molar-refractivity contribution in [2.24, 2.45) is 0 Å². The largest absolute Gasteiger partial charge is 0.486 e. The molecule has 0 unspecified atom stereocenters. The van der Waals surface area contributed by atoms with Crippen molar-refractivity contribution in [3.05, 3.63) is 69.7 Å².